The summed E-state index contributed by atoms with van der Waals surface area (Å²) < 4.78 is 81.4. The highest BCUT2D eigenvalue weighted by Gasteiger charge is 2.36. The topological polar surface area (TPSA) is 85.6 Å². The predicted octanol–water partition coefficient (Wildman–Crippen LogP) is 3.86. The van der Waals surface area contributed by atoms with Gasteiger partial charge >= 0.3 is 12.4 Å². The van der Waals surface area contributed by atoms with Crippen molar-refractivity contribution in [3.8, 4) is 11.4 Å². The zero-order chi connectivity index (χ0) is 22.3. The number of amides is 1. The summed E-state index contributed by atoms with van der Waals surface area (Å²) in [6, 6.07) is 1.95. The number of hydrogen-bond acceptors (Lipinski definition) is 6. The minimum atomic E-state index is -4.70. The third-order valence-corrected chi connectivity index (χ3v) is 4.77. The van der Waals surface area contributed by atoms with Crippen LogP contribution in [0.4, 0.5) is 26.3 Å². The highest BCUT2D eigenvalue weighted by Crippen LogP contribution is 2.31. The molecule has 3 aromatic rings. The molecule has 3 rings (SSSR count). The lowest BCUT2D eigenvalue weighted by Crippen LogP contribution is -2.28. The number of carbonyl (C=O) groups excluding carboxylic acids is 1. The Morgan fingerprint density at radius 3 is 2.40 bits per heavy atom. The lowest BCUT2D eigenvalue weighted by Gasteiger charge is -2.10. The number of halogens is 6. The molecule has 1 atom stereocenters. The summed E-state index contributed by atoms with van der Waals surface area (Å²) in [4.78, 5) is 19.7. The molecule has 0 radical (unpaired) electrons. The van der Waals surface area contributed by atoms with Gasteiger partial charge in [-0.15, -0.1) is 0 Å². The molecule has 0 saturated carbocycles. The molecule has 1 amide bonds. The number of rotatable bonds is 4. The van der Waals surface area contributed by atoms with Crippen LogP contribution in [0.15, 0.2) is 24.4 Å². The second kappa shape index (κ2) is 7.66. The highest BCUT2D eigenvalue weighted by molar-refractivity contribution is 7.05. The van der Waals surface area contributed by atoms with Crippen LogP contribution in [0.5, 0.6) is 0 Å². The van der Waals surface area contributed by atoms with Gasteiger partial charge in [0.25, 0.3) is 5.91 Å². The van der Waals surface area contributed by atoms with Crippen molar-refractivity contribution < 1.29 is 31.1 Å². The smallest absolute Gasteiger partial charge is 0.342 e. The van der Waals surface area contributed by atoms with E-state index in [2.05, 4.69) is 24.8 Å². The fraction of sp³-hybridized carbons (Fsp3) is 0.312. The van der Waals surface area contributed by atoms with Gasteiger partial charge in [0, 0.05) is 24.9 Å². The van der Waals surface area contributed by atoms with E-state index in [4.69, 9.17) is 0 Å². The summed E-state index contributed by atoms with van der Waals surface area (Å²) in [7, 11) is 1.19. The van der Waals surface area contributed by atoms with Crippen LogP contribution >= 0.6 is 11.5 Å². The second-order valence-corrected chi connectivity index (χ2v) is 6.90. The summed E-state index contributed by atoms with van der Waals surface area (Å²) in [5.41, 5.74) is -2.55. The minimum Gasteiger partial charge on any atom is -0.342 e. The van der Waals surface area contributed by atoms with Crippen LogP contribution in [0.2, 0.25) is 0 Å². The molecule has 0 aromatic carbocycles. The molecule has 3 heterocycles. The summed E-state index contributed by atoms with van der Waals surface area (Å²) in [5.74, 6) is -0.822. The summed E-state index contributed by atoms with van der Waals surface area (Å²) in [6.45, 7) is 1.51. The lowest BCUT2D eigenvalue weighted by atomic mass is 10.2. The molecule has 14 heteroatoms. The fourth-order valence-corrected chi connectivity index (χ4v) is 3.07. The Labute approximate surface area is 168 Å². The zero-order valence-corrected chi connectivity index (χ0v) is 16.0. The molecule has 7 nitrogen and oxygen atoms in total. The van der Waals surface area contributed by atoms with E-state index in [1.54, 1.807) is 0 Å². The standard InChI is InChI=1S/C16H12F6N6OS/c1-7(24-13(29)9-6-11(16(20,21)22)26-28(9)2)14-25-12(27-30-14)8-3-4-23-10(5-8)15(17,18)19/h3-7H,1-2H3,(H,24,29)/t7-/m0/s1. The van der Waals surface area contributed by atoms with E-state index in [1.165, 1.54) is 20.0 Å². The molecule has 0 saturated heterocycles. The molecule has 30 heavy (non-hydrogen) atoms. The number of aryl methyl sites for hydroxylation is 1. The Bertz CT molecular complexity index is 1070. The first kappa shape index (κ1) is 21.7. The van der Waals surface area contributed by atoms with Crippen LogP contribution in [0, 0.1) is 0 Å². The third-order valence-electron chi connectivity index (χ3n) is 3.87. The third kappa shape index (κ3) is 4.58. The van der Waals surface area contributed by atoms with E-state index in [9.17, 15) is 31.1 Å². The van der Waals surface area contributed by atoms with Crippen molar-refractivity contribution in [2.24, 2.45) is 7.05 Å². The maximum absolute atomic E-state index is 12.8. The Balaban J connectivity index is 1.77. The number of hydrogen-bond donors (Lipinski definition) is 1. The quantitative estimate of drug-likeness (QED) is 0.611. The number of nitrogens with zero attached hydrogens (tertiary/aromatic N) is 5. The van der Waals surface area contributed by atoms with Gasteiger partial charge in [0.05, 0.1) is 6.04 Å². The maximum atomic E-state index is 12.8. The van der Waals surface area contributed by atoms with Crippen molar-refractivity contribution in [1.29, 1.82) is 0 Å². The average molecular weight is 450 g/mol. The van der Waals surface area contributed by atoms with Crippen molar-refractivity contribution in [2.75, 3.05) is 0 Å². The number of nitrogens with one attached hydrogen (secondary N) is 1. The average Bonchev–Trinajstić information content (AvgIpc) is 3.28. The normalized spacial score (nSPS) is 13.3. The predicted molar refractivity (Wildman–Crippen MR) is 92.2 cm³/mol. The van der Waals surface area contributed by atoms with Crippen molar-refractivity contribution in [1.82, 2.24) is 29.4 Å². The number of aromatic nitrogens is 5. The molecule has 160 valence electrons. The zero-order valence-electron chi connectivity index (χ0n) is 15.2. The SMILES string of the molecule is C[C@H](NC(=O)c1cc(C(F)(F)F)nn1C)c1nc(-c2ccnc(C(F)(F)F)c2)ns1. The molecule has 3 aromatic heterocycles. The molecule has 0 unspecified atom stereocenters. The summed E-state index contributed by atoms with van der Waals surface area (Å²) in [6.07, 6.45) is -8.35. The van der Waals surface area contributed by atoms with Crippen LogP contribution in [-0.2, 0) is 19.4 Å². The molecule has 0 fully saturated rings. The highest BCUT2D eigenvalue weighted by atomic mass is 32.1. The van der Waals surface area contributed by atoms with Gasteiger partial charge in [-0.2, -0.15) is 35.8 Å². The van der Waals surface area contributed by atoms with Gasteiger partial charge < -0.3 is 5.32 Å². The number of alkyl halides is 6. The van der Waals surface area contributed by atoms with E-state index in [0.717, 1.165) is 28.5 Å². The summed E-state index contributed by atoms with van der Waals surface area (Å²) >= 11 is 0.837. The lowest BCUT2D eigenvalue weighted by molar-refractivity contribution is -0.142. The van der Waals surface area contributed by atoms with E-state index in [-0.39, 0.29) is 22.1 Å². The number of carbonyl (C=O) groups is 1. The first-order valence-corrected chi connectivity index (χ1v) is 8.93. The fourth-order valence-electron chi connectivity index (χ4n) is 2.40. The Hall–Kier alpha value is -3.03. The summed E-state index contributed by atoms with van der Waals surface area (Å²) in [5, 5.41) is 5.98. The second-order valence-electron chi connectivity index (χ2n) is 6.12. The molecular formula is C16H12F6N6OS. The van der Waals surface area contributed by atoms with Crippen LogP contribution in [-0.4, -0.2) is 30.0 Å². The van der Waals surface area contributed by atoms with Gasteiger partial charge in [0.2, 0.25) is 0 Å². The van der Waals surface area contributed by atoms with E-state index >= 15 is 0 Å². The van der Waals surface area contributed by atoms with E-state index in [0.29, 0.717) is 6.07 Å². The Kier molecular flexibility index (Phi) is 5.54. The van der Waals surface area contributed by atoms with Gasteiger partial charge in [-0.05, 0) is 30.6 Å². The van der Waals surface area contributed by atoms with Gasteiger partial charge in [0.1, 0.15) is 16.4 Å². The van der Waals surface area contributed by atoms with Gasteiger partial charge in [-0.3, -0.25) is 14.5 Å². The van der Waals surface area contributed by atoms with Crippen molar-refractivity contribution in [3.05, 3.63) is 46.5 Å². The van der Waals surface area contributed by atoms with E-state index in [1.807, 2.05) is 0 Å². The minimum absolute atomic E-state index is 0.00360. The van der Waals surface area contributed by atoms with Gasteiger partial charge in [0.15, 0.2) is 11.5 Å². The molecule has 0 spiro atoms. The van der Waals surface area contributed by atoms with Crippen LogP contribution < -0.4 is 5.32 Å². The van der Waals surface area contributed by atoms with Crippen molar-refractivity contribution >= 4 is 17.4 Å². The molecule has 0 bridgehead atoms. The first-order chi connectivity index (χ1) is 13.9. The molecule has 1 N–H and O–H groups in total. The molecule has 0 aliphatic heterocycles. The van der Waals surface area contributed by atoms with Crippen molar-refractivity contribution in [3.63, 3.8) is 0 Å². The van der Waals surface area contributed by atoms with Crippen LogP contribution in [0.3, 0.4) is 0 Å². The first-order valence-electron chi connectivity index (χ1n) is 8.15. The Morgan fingerprint density at radius 1 is 1.13 bits per heavy atom. The number of pyridine rings is 1. The van der Waals surface area contributed by atoms with Gasteiger partial charge in [-0.1, -0.05) is 0 Å². The molecule has 0 aliphatic rings. The maximum Gasteiger partial charge on any atom is 0.435 e. The van der Waals surface area contributed by atoms with Crippen LogP contribution in [0.25, 0.3) is 11.4 Å². The van der Waals surface area contributed by atoms with Crippen molar-refractivity contribution in [2.45, 2.75) is 25.3 Å². The molecular weight excluding hydrogens is 438 g/mol. The Morgan fingerprint density at radius 2 is 1.80 bits per heavy atom. The monoisotopic (exact) mass is 450 g/mol. The van der Waals surface area contributed by atoms with Crippen LogP contribution in [0.1, 0.15) is 39.8 Å². The largest absolute Gasteiger partial charge is 0.435 e. The van der Waals surface area contributed by atoms with E-state index < -0.39 is 35.7 Å². The van der Waals surface area contributed by atoms with Gasteiger partial charge in [-0.25, -0.2) is 4.98 Å². The molecule has 0 aliphatic carbocycles.